The Balaban J connectivity index is 1.94. The lowest BCUT2D eigenvalue weighted by atomic mass is 10.6. The molecular weight excluding hydrogens is 314 g/mol. The molecule has 2 N–H and O–H groups in total. The van der Waals surface area contributed by atoms with Crippen molar-refractivity contribution >= 4 is 23.5 Å². The van der Waals surface area contributed by atoms with E-state index in [9.17, 15) is 15.0 Å². The van der Waals surface area contributed by atoms with Gasteiger partial charge in [-0.2, -0.15) is 4.98 Å². The van der Waals surface area contributed by atoms with Gasteiger partial charge in [0.05, 0.1) is 6.07 Å². The standard InChI is InChI=1S/C11H13N5O5S/c1-20-3-2-16-5-10(21-15-16)12-9(19)6-22-11-13-7(17)4-8(18)14-11/h4-5H,2-3,6H2,1H3,(H2-,12,13,14,15,17,18,19). The van der Waals surface area contributed by atoms with E-state index in [4.69, 9.17) is 9.26 Å². The van der Waals surface area contributed by atoms with Gasteiger partial charge in [0.2, 0.25) is 17.7 Å². The maximum Gasteiger partial charge on any atom is 0.320 e. The fraction of sp³-hybridized carbons (Fsp3) is 0.364. The monoisotopic (exact) mass is 327 g/mol. The lowest BCUT2D eigenvalue weighted by molar-refractivity contribution is -0.763. The Morgan fingerprint density at radius 2 is 2.50 bits per heavy atom. The number of aliphatic imine (C=N–C) groups is 1. The van der Waals surface area contributed by atoms with Crippen molar-refractivity contribution in [1.82, 2.24) is 15.2 Å². The van der Waals surface area contributed by atoms with Gasteiger partial charge in [0.25, 0.3) is 11.8 Å². The van der Waals surface area contributed by atoms with Crippen LogP contribution in [0.4, 0.5) is 5.88 Å². The van der Waals surface area contributed by atoms with Gasteiger partial charge in [-0.15, -0.1) is 0 Å². The summed E-state index contributed by atoms with van der Waals surface area (Å²) < 4.78 is 11.2. The number of nitrogens with zero attached hydrogens (tertiary/aromatic N) is 4. The molecule has 0 unspecified atom stereocenters. The SMILES string of the molecule is COCC[n+]1cc(/N=C(/[O-])CSc2nc(O)cc(=O)[nH]2)on1. The highest BCUT2D eigenvalue weighted by atomic mass is 32.2. The third-order valence-electron chi connectivity index (χ3n) is 2.30. The van der Waals surface area contributed by atoms with Crippen molar-refractivity contribution in [3.63, 3.8) is 0 Å². The molecule has 0 aliphatic carbocycles. The minimum Gasteiger partial charge on any atom is -0.861 e. The Bertz CT molecular complexity index is 713. The van der Waals surface area contributed by atoms with E-state index in [1.807, 2.05) is 0 Å². The van der Waals surface area contributed by atoms with E-state index in [1.165, 1.54) is 10.9 Å². The second-order valence-corrected chi connectivity index (χ2v) is 4.96. The summed E-state index contributed by atoms with van der Waals surface area (Å²) in [5.74, 6) is -0.916. The summed E-state index contributed by atoms with van der Waals surface area (Å²) in [5.41, 5.74) is -0.506. The summed E-state index contributed by atoms with van der Waals surface area (Å²) in [6.45, 7) is 0.934. The van der Waals surface area contributed by atoms with Gasteiger partial charge in [0, 0.05) is 12.9 Å². The van der Waals surface area contributed by atoms with Gasteiger partial charge in [-0.3, -0.25) is 9.32 Å². The average molecular weight is 327 g/mol. The zero-order valence-electron chi connectivity index (χ0n) is 11.6. The second kappa shape index (κ2) is 7.56. The molecule has 2 heterocycles. The topological polar surface area (TPSA) is 141 Å². The number of aromatic amines is 1. The van der Waals surface area contributed by atoms with Crippen LogP contribution in [-0.2, 0) is 11.3 Å². The van der Waals surface area contributed by atoms with Crippen molar-refractivity contribution in [3.05, 3.63) is 22.6 Å². The Labute approximate surface area is 128 Å². The van der Waals surface area contributed by atoms with Crippen LogP contribution in [0.2, 0.25) is 0 Å². The van der Waals surface area contributed by atoms with Crippen molar-refractivity contribution in [3.8, 4) is 5.88 Å². The van der Waals surface area contributed by atoms with E-state index in [0.717, 1.165) is 17.8 Å². The second-order valence-electron chi connectivity index (χ2n) is 4.00. The predicted molar refractivity (Wildman–Crippen MR) is 72.9 cm³/mol. The highest BCUT2D eigenvalue weighted by Gasteiger charge is 2.09. The van der Waals surface area contributed by atoms with Gasteiger partial charge < -0.3 is 19.9 Å². The first-order valence-electron chi connectivity index (χ1n) is 6.10. The number of H-pyrrole nitrogens is 1. The third-order valence-corrected chi connectivity index (χ3v) is 3.15. The number of aromatic nitrogens is 4. The number of nitrogens with one attached hydrogen (secondary N) is 1. The van der Waals surface area contributed by atoms with E-state index >= 15 is 0 Å². The summed E-state index contributed by atoms with van der Waals surface area (Å²) in [6, 6.07) is 0.934. The largest absolute Gasteiger partial charge is 0.861 e. The minimum absolute atomic E-state index is 0.0686. The Hall–Kier alpha value is -2.40. The van der Waals surface area contributed by atoms with E-state index in [2.05, 4.69) is 20.2 Å². The van der Waals surface area contributed by atoms with Crippen LogP contribution in [0.15, 0.2) is 31.7 Å². The first-order chi connectivity index (χ1) is 10.6. The molecule has 2 rings (SSSR count). The van der Waals surface area contributed by atoms with E-state index in [-0.39, 0.29) is 16.8 Å². The molecule has 0 bridgehead atoms. The van der Waals surface area contributed by atoms with Crippen LogP contribution in [-0.4, -0.2) is 45.7 Å². The number of hydrogen-bond donors (Lipinski definition) is 2. The number of aromatic hydroxyl groups is 1. The smallest absolute Gasteiger partial charge is 0.320 e. The minimum atomic E-state index is -0.506. The third kappa shape index (κ3) is 4.86. The molecule has 11 heteroatoms. The van der Waals surface area contributed by atoms with Gasteiger partial charge in [-0.25, -0.2) is 4.99 Å². The number of hydrogen-bond acceptors (Lipinski definition) is 9. The molecule has 0 aliphatic heterocycles. The molecule has 0 aliphatic rings. The van der Waals surface area contributed by atoms with Gasteiger partial charge >= 0.3 is 5.88 Å². The molecule has 2 aromatic heterocycles. The molecule has 0 saturated heterocycles. The lowest BCUT2D eigenvalue weighted by Gasteiger charge is -2.07. The van der Waals surface area contributed by atoms with E-state index < -0.39 is 17.3 Å². The molecule has 0 amide bonds. The van der Waals surface area contributed by atoms with Crippen LogP contribution >= 0.6 is 11.8 Å². The van der Waals surface area contributed by atoms with Gasteiger partial charge in [-0.05, 0) is 10.6 Å². The summed E-state index contributed by atoms with van der Waals surface area (Å²) in [5, 5.41) is 24.7. The van der Waals surface area contributed by atoms with Crippen molar-refractivity contribution in [2.24, 2.45) is 4.99 Å². The maximum atomic E-state index is 11.7. The molecule has 0 atom stereocenters. The van der Waals surface area contributed by atoms with Crippen LogP contribution < -0.4 is 15.3 Å². The zero-order chi connectivity index (χ0) is 15.9. The highest BCUT2D eigenvalue weighted by molar-refractivity contribution is 7.99. The van der Waals surface area contributed by atoms with E-state index in [1.54, 1.807) is 7.11 Å². The molecule has 0 saturated carbocycles. The highest BCUT2D eigenvalue weighted by Crippen LogP contribution is 2.14. The molecule has 2 aromatic rings. The Morgan fingerprint density at radius 1 is 1.68 bits per heavy atom. The summed E-state index contributed by atoms with van der Waals surface area (Å²) >= 11 is 0.938. The molecule has 0 aromatic carbocycles. The summed E-state index contributed by atoms with van der Waals surface area (Å²) in [6.07, 6.45) is 1.47. The lowest BCUT2D eigenvalue weighted by Crippen LogP contribution is -2.36. The number of rotatable bonds is 7. The quantitative estimate of drug-likeness (QED) is 0.207. The van der Waals surface area contributed by atoms with Crippen LogP contribution in [0.3, 0.4) is 0 Å². The average Bonchev–Trinajstić information content (AvgIpc) is 2.89. The van der Waals surface area contributed by atoms with Crippen molar-refractivity contribution in [2.45, 2.75) is 11.7 Å². The molecular formula is C11H13N5O5S. The van der Waals surface area contributed by atoms with Crippen LogP contribution in [0, 0.1) is 0 Å². The zero-order valence-corrected chi connectivity index (χ0v) is 12.4. The van der Waals surface area contributed by atoms with Crippen molar-refractivity contribution in [2.75, 3.05) is 19.5 Å². The molecule has 0 radical (unpaired) electrons. The first-order valence-corrected chi connectivity index (χ1v) is 7.08. The molecule has 10 nitrogen and oxygen atoms in total. The number of ether oxygens (including phenoxy) is 1. The number of thioether (sulfide) groups is 1. The molecule has 0 fully saturated rings. The maximum absolute atomic E-state index is 11.7. The molecule has 22 heavy (non-hydrogen) atoms. The van der Waals surface area contributed by atoms with Crippen LogP contribution in [0.25, 0.3) is 0 Å². The van der Waals surface area contributed by atoms with Crippen LogP contribution in [0.5, 0.6) is 5.88 Å². The van der Waals surface area contributed by atoms with Gasteiger partial charge in [0.1, 0.15) is 6.61 Å². The molecule has 118 valence electrons. The van der Waals surface area contributed by atoms with Crippen molar-refractivity contribution < 1.29 is 24.2 Å². The van der Waals surface area contributed by atoms with Crippen LogP contribution in [0.1, 0.15) is 0 Å². The fourth-order valence-corrected chi connectivity index (χ4v) is 2.04. The fourth-order valence-electron chi connectivity index (χ4n) is 1.38. The first kappa shape index (κ1) is 16.0. The molecule has 0 spiro atoms. The van der Waals surface area contributed by atoms with Crippen molar-refractivity contribution in [1.29, 1.82) is 0 Å². The summed E-state index contributed by atoms with van der Waals surface area (Å²) in [7, 11) is 1.56. The summed E-state index contributed by atoms with van der Waals surface area (Å²) in [4.78, 5) is 20.9. The Morgan fingerprint density at radius 3 is 3.23 bits per heavy atom. The Kier molecular flexibility index (Phi) is 5.49. The number of methoxy groups -OCH3 is 1. The van der Waals surface area contributed by atoms with E-state index in [0.29, 0.717) is 13.2 Å². The normalized spacial score (nSPS) is 11.8. The van der Waals surface area contributed by atoms with Gasteiger partial charge in [0.15, 0.2) is 5.16 Å². The van der Waals surface area contributed by atoms with Gasteiger partial charge in [-0.1, -0.05) is 11.8 Å². The predicted octanol–water partition coefficient (Wildman–Crippen LogP) is -1.42.